The number of nitrogens with one attached hydrogen (secondary N) is 1. The van der Waals surface area contributed by atoms with Crippen LogP contribution in [0.3, 0.4) is 0 Å². The van der Waals surface area contributed by atoms with Gasteiger partial charge in [0.1, 0.15) is 6.61 Å². The zero-order valence-corrected chi connectivity index (χ0v) is 17.3. The highest BCUT2D eigenvalue weighted by Crippen LogP contribution is 2.27. The third kappa shape index (κ3) is 6.00. The Labute approximate surface area is 169 Å². The van der Waals surface area contributed by atoms with Crippen molar-refractivity contribution in [2.45, 2.75) is 24.7 Å². The number of benzene rings is 1. The minimum absolute atomic E-state index is 0.0630. The van der Waals surface area contributed by atoms with Crippen LogP contribution in [0.5, 0.6) is 11.5 Å². The molecule has 2 rings (SSSR count). The van der Waals surface area contributed by atoms with Crippen molar-refractivity contribution in [1.29, 1.82) is 0 Å². The third-order valence-corrected chi connectivity index (χ3v) is 4.86. The van der Waals surface area contributed by atoms with E-state index in [0.717, 1.165) is 5.56 Å². The monoisotopic (exact) mass is 406 g/mol. The van der Waals surface area contributed by atoms with Crippen molar-refractivity contribution in [3.63, 3.8) is 0 Å². The van der Waals surface area contributed by atoms with Gasteiger partial charge in [0, 0.05) is 20.2 Å². The number of nitrogens with zero attached hydrogens (tertiary/aromatic N) is 3. The first-order chi connectivity index (χ1) is 13.6. The Morgan fingerprint density at radius 2 is 2.04 bits per heavy atom. The lowest BCUT2D eigenvalue weighted by molar-refractivity contribution is -0.118. The highest BCUT2D eigenvalue weighted by Gasteiger charge is 2.13. The molecule has 1 amide bonds. The summed E-state index contributed by atoms with van der Waals surface area (Å²) in [7, 11) is 4.80. The van der Waals surface area contributed by atoms with Crippen molar-refractivity contribution in [2.75, 3.05) is 33.6 Å². The maximum atomic E-state index is 12.2. The molecule has 0 saturated carbocycles. The standard InChI is InChI=1S/C19H26N4O4S/c1-5-10-23-17(12-25-2)21-22-19(23)28-13-18(24)20-9-8-14-6-7-15(26-3)16(11-14)27-4/h5-7,11H,1,8-10,12-13H2,2-4H3,(H,20,24). The summed E-state index contributed by atoms with van der Waals surface area (Å²) in [5, 5.41) is 11.8. The fraction of sp³-hybridized carbons (Fsp3) is 0.421. The number of methoxy groups -OCH3 is 3. The molecular weight excluding hydrogens is 380 g/mol. The molecule has 0 atom stereocenters. The summed E-state index contributed by atoms with van der Waals surface area (Å²) in [6.07, 6.45) is 2.46. The molecule has 8 nitrogen and oxygen atoms in total. The Balaban J connectivity index is 1.83. The molecule has 1 heterocycles. The highest BCUT2D eigenvalue weighted by molar-refractivity contribution is 7.99. The van der Waals surface area contributed by atoms with E-state index >= 15 is 0 Å². The lowest BCUT2D eigenvalue weighted by Crippen LogP contribution is -2.27. The molecule has 28 heavy (non-hydrogen) atoms. The number of rotatable bonds is 12. The molecule has 0 aliphatic heterocycles. The average Bonchev–Trinajstić information content (AvgIpc) is 3.08. The van der Waals surface area contributed by atoms with Crippen LogP contribution < -0.4 is 14.8 Å². The molecule has 2 aromatic rings. The lowest BCUT2D eigenvalue weighted by atomic mass is 10.1. The fourth-order valence-electron chi connectivity index (χ4n) is 2.54. The van der Waals surface area contributed by atoms with Crippen LogP contribution in [0.2, 0.25) is 0 Å². The molecule has 0 aliphatic rings. The van der Waals surface area contributed by atoms with E-state index in [1.165, 1.54) is 11.8 Å². The second-order valence-corrected chi connectivity index (χ2v) is 6.75. The molecule has 1 aromatic carbocycles. The van der Waals surface area contributed by atoms with Crippen LogP contribution in [0.1, 0.15) is 11.4 Å². The van der Waals surface area contributed by atoms with E-state index in [4.69, 9.17) is 14.2 Å². The number of aromatic nitrogens is 3. The Kier molecular flexibility index (Phi) is 8.83. The maximum Gasteiger partial charge on any atom is 0.230 e. The van der Waals surface area contributed by atoms with Crippen LogP contribution in [0.4, 0.5) is 0 Å². The summed E-state index contributed by atoms with van der Waals surface area (Å²) in [6, 6.07) is 5.72. The Morgan fingerprint density at radius 1 is 1.25 bits per heavy atom. The number of ether oxygens (including phenoxy) is 3. The maximum absolute atomic E-state index is 12.2. The first-order valence-corrected chi connectivity index (χ1v) is 9.73. The van der Waals surface area contributed by atoms with Gasteiger partial charge in [0.25, 0.3) is 0 Å². The van der Waals surface area contributed by atoms with E-state index in [1.54, 1.807) is 27.4 Å². The average molecular weight is 407 g/mol. The zero-order chi connectivity index (χ0) is 20.4. The van der Waals surface area contributed by atoms with Gasteiger partial charge in [-0.25, -0.2) is 0 Å². The van der Waals surface area contributed by atoms with Gasteiger partial charge in [0.2, 0.25) is 5.91 Å². The van der Waals surface area contributed by atoms with Gasteiger partial charge in [-0.15, -0.1) is 16.8 Å². The molecule has 9 heteroatoms. The van der Waals surface area contributed by atoms with E-state index in [-0.39, 0.29) is 11.7 Å². The van der Waals surface area contributed by atoms with E-state index in [0.29, 0.717) is 48.6 Å². The van der Waals surface area contributed by atoms with Crippen LogP contribution in [-0.4, -0.2) is 54.3 Å². The third-order valence-electron chi connectivity index (χ3n) is 3.89. The molecule has 152 valence electrons. The van der Waals surface area contributed by atoms with Gasteiger partial charge < -0.3 is 24.1 Å². The number of allylic oxidation sites excluding steroid dienone is 1. The van der Waals surface area contributed by atoms with Crippen molar-refractivity contribution < 1.29 is 19.0 Å². The van der Waals surface area contributed by atoms with Gasteiger partial charge in [0.05, 0.1) is 20.0 Å². The Hall–Kier alpha value is -2.52. The van der Waals surface area contributed by atoms with Crippen LogP contribution in [0.25, 0.3) is 0 Å². The summed E-state index contributed by atoms with van der Waals surface area (Å²) < 4.78 is 17.5. The molecule has 0 unspecified atom stereocenters. The quantitative estimate of drug-likeness (QED) is 0.426. The van der Waals surface area contributed by atoms with Gasteiger partial charge in [-0.05, 0) is 24.1 Å². The van der Waals surface area contributed by atoms with Crippen LogP contribution >= 0.6 is 11.8 Å². The fourth-order valence-corrected chi connectivity index (χ4v) is 3.33. The zero-order valence-electron chi connectivity index (χ0n) is 16.4. The topological polar surface area (TPSA) is 87.5 Å². The van der Waals surface area contributed by atoms with Crippen LogP contribution in [-0.2, 0) is 29.1 Å². The van der Waals surface area contributed by atoms with Crippen molar-refractivity contribution in [1.82, 2.24) is 20.1 Å². The second kappa shape index (κ2) is 11.4. The van der Waals surface area contributed by atoms with E-state index in [2.05, 4.69) is 22.1 Å². The van der Waals surface area contributed by atoms with Crippen LogP contribution in [0.15, 0.2) is 36.0 Å². The number of thioether (sulfide) groups is 1. The van der Waals surface area contributed by atoms with E-state index < -0.39 is 0 Å². The van der Waals surface area contributed by atoms with Gasteiger partial charge in [-0.1, -0.05) is 23.9 Å². The number of amides is 1. The molecule has 0 bridgehead atoms. The summed E-state index contributed by atoms with van der Waals surface area (Å²) in [5.74, 6) is 2.26. The number of hydrogen-bond acceptors (Lipinski definition) is 7. The number of hydrogen-bond donors (Lipinski definition) is 1. The van der Waals surface area contributed by atoms with Crippen molar-refractivity contribution in [3.05, 3.63) is 42.2 Å². The molecule has 0 fully saturated rings. The summed E-state index contributed by atoms with van der Waals surface area (Å²) in [5.41, 5.74) is 1.06. The molecular formula is C19H26N4O4S. The van der Waals surface area contributed by atoms with Crippen LogP contribution in [0, 0.1) is 0 Å². The molecule has 0 saturated heterocycles. The normalized spacial score (nSPS) is 10.5. The van der Waals surface area contributed by atoms with Gasteiger partial charge in [0.15, 0.2) is 22.5 Å². The Bertz CT molecular complexity index is 794. The van der Waals surface area contributed by atoms with Gasteiger partial charge in [-0.2, -0.15) is 0 Å². The Morgan fingerprint density at radius 3 is 2.71 bits per heavy atom. The molecule has 0 radical (unpaired) electrons. The smallest absolute Gasteiger partial charge is 0.230 e. The van der Waals surface area contributed by atoms with E-state index in [9.17, 15) is 4.79 Å². The highest BCUT2D eigenvalue weighted by atomic mass is 32.2. The van der Waals surface area contributed by atoms with Gasteiger partial charge >= 0.3 is 0 Å². The lowest BCUT2D eigenvalue weighted by Gasteiger charge is -2.10. The predicted molar refractivity (Wildman–Crippen MR) is 108 cm³/mol. The summed E-state index contributed by atoms with van der Waals surface area (Å²) >= 11 is 1.34. The molecule has 0 aliphatic carbocycles. The molecule has 1 N–H and O–H groups in total. The molecule has 1 aromatic heterocycles. The van der Waals surface area contributed by atoms with Crippen molar-refractivity contribution in [2.24, 2.45) is 0 Å². The second-order valence-electron chi connectivity index (χ2n) is 5.81. The first kappa shape index (κ1) is 21.8. The number of carbonyl (C=O) groups is 1. The minimum Gasteiger partial charge on any atom is -0.493 e. The molecule has 0 spiro atoms. The summed E-state index contributed by atoms with van der Waals surface area (Å²) in [6.45, 7) is 5.20. The minimum atomic E-state index is -0.0630. The number of carbonyl (C=O) groups excluding carboxylic acids is 1. The SMILES string of the molecule is C=CCn1c(COC)nnc1SCC(=O)NCCc1ccc(OC)c(OC)c1. The largest absolute Gasteiger partial charge is 0.493 e. The van der Waals surface area contributed by atoms with Crippen molar-refractivity contribution >= 4 is 17.7 Å². The van der Waals surface area contributed by atoms with E-state index in [1.807, 2.05) is 22.8 Å². The predicted octanol–water partition coefficient (Wildman–Crippen LogP) is 2.08. The summed E-state index contributed by atoms with van der Waals surface area (Å²) in [4.78, 5) is 12.2. The van der Waals surface area contributed by atoms with Crippen molar-refractivity contribution in [3.8, 4) is 11.5 Å². The first-order valence-electron chi connectivity index (χ1n) is 8.75. The van der Waals surface area contributed by atoms with Gasteiger partial charge in [-0.3, -0.25) is 4.79 Å².